The van der Waals surface area contributed by atoms with Gasteiger partial charge in [-0.25, -0.2) is 0 Å². The van der Waals surface area contributed by atoms with Crippen LogP contribution < -0.4 is 15.8 Å². The van der Waals surface area contributed by atoms with Crippen LogP contribution in [0.15, 0.2) is 94.4 Å². The van der Waals surface area contributed by atoms with E-state index in [9.17, 15) is 0 Å². The summed E-state index contributed by atoms with van der Waals surface area (Å²) in [6.45, 7) is 2.38. The summed E-state index contributed by atoms with van der Waals surface area (Å²) in [5.41, 5.74) is 7.76. The highest BCUT2D eigenvalue weighted by Crippen LogP contribution is 2.24. The van der Waals surface area contributed by atoms with E-state index in [1.807, 2.05) is 91.9 Å². The Hall–Kier alpha value is -3.40. The summed E-state index contributed by atoms with van der Waals surface area (Å²) < 4.78 is 11.2. The number of nitrogens with zero attached hydrogens (tertiary/aromatic N) is 3. The third-order valence-electron chi connectivity index (χ3n) is 4.52. The predicted molar refractivity (Wildman–Crippen MR) is 137 cm³/mol. The van der Waals surface area contributed by atoms with Crippen molar-refractivity contribution in [3.05, 3.63) is 90.8 Å². The van der Waals surface area contributed by atoms with Crippen LogP contribution in [0, 0.1) is 0 Å². The molecule has 32 heavy (non-hydrogen) atoms. The highest BCUT2D eigenvalue weighted by atomic mass is 127. The molecule has 0 radical (unpaired) electrons. The van der Waals surface area contributed by atoms with Crippen molar-refractivity contribution in [2.45, 2.75) is 12.8 Å². The molecule has 0 saturated heterocycles. The van der Waals surface area contributed by atoms with E-state index < -0.39 is 0 Å². The van der Waals surface area contributed by atoms with E-state index >= 15 is 0 Å². The summed E-state index contributed by atoms with van der Waals surface area (Å²) in [6, 6.07) is 26.8. The fraction of sp³-hybridized carbons (Fsp3) is 0.125. The molecule has 0 spiro atoms. The number of nitrogens with two attached hydrogens (primary N) is 1. The number of anilines is 1. The fourth-order valence-electron chi connectivity index (χ4n) is 2.90. The Kier molecular flexibility index (Phi) is 8.20. The average molecular weight is 541 g/mol. The van der Waals surface area contributed by atoms with Crippen molar-refractivity contribution in [2.75, 3.05) is 11.9 Å². The molecular weight excluding hydrogens is 517 g/mol. The van der Waals surface area contributed by atoms with E-state index in [1.165, 1.54) is 0 Å². The summed E-state index contributed by atoms with van der Waals surface area (Å²) >= 11 is 0. The number of guanidine groups is 1. The first kappa shape index (κ1) is 23.3. The van der Waals surface area contributed by atoms with Gasteiger partial charge in [-0.15, -0.1) is 24.0 Å². The van der Waals surface area contributed by atoms with E-state index in [4.69, 9.17) is 15.0 Å². The number of aromatic nitrogens is 2. The zero-order valence-corrected chi connectivity index (χ0v) is 19.8. The molecule has 1 unspecified atom stereocenters. The number of hydrogen-bond donors (Lipinski definition) is 2. The monoisotopic (exact) mass is 541 g/mol. The molecule has 4 rings (SSSR count). The largest absolute Gasteiger partial charge is 0.457 e. The Morgan fingerprint density at radius 2 is 1.69 bits per heavy atom. The van der Waals surface area contributed by atoms with Crippen molar-refractivity contribution in [1.82, 2.24) is 10.1 Å². The van der Waals surface area contributed by atoms with Crippen molar-refractivity contribution < 1.29 is 9.26 Å². The molecule has 0 bridgehead atoms. The molecule has 3 aromatic carbocycles. The molecule has 1 atom stereocenters. The molecule has 0 fully saturated rings. The van der Waals surface area contributed by atoms with Crippen LogP contribution in [-0.2, 0) is 0 Å². The number of halogens is 1. The summed E-state index contributed by atoms with van der Waals surface area (Å²) in [6.07, 6.45) is 0. The van der Waals surface area contributed by atoms with Crippen molar-refractivity contribution in [1.29, 1.82) is 0 Å². The Morgan fingerprint density at radius 1 is 1.00 bits per heavy atom. The van der Waals surface area contributed by atoms with Gasteiger partial charge in [0, 0.05) is 17.3 Å². The fourth-order valence-corrected chi connectivity index (χ4v) is 2.90. The minimum atomic E-state index is -0.0712. The van der Waals surface area contributed by atoms with Crippen LogP contribution in [0.3, 0.4) is 0 Å². The summed E-state index contributed by atoms with van der Waals surface area (Å²) in [5, 5.41) is 7.14. The van der Waals surface area contributed by atoms with Gasteiger partial charge in [0.25, 0.3) is 0 Å². The van der Waals surface area contributed by atoms with Gasteiger partial charge in [-0.2, -0.15) is 4.98 Å². The van der Waals surface area contributed by atoms with Gasteiger partial charge in [-0.05, 0) is 24.3 Å². The second kappa shape index (κ2) is 11.3. The third kappa shape index (κ3) is 6.30. The van der Waals surface area contributed by atoms with Crippen molar-refractivity contribution in [3.63, 3.8) is 0 Å². The molecule has 7 nitrogen and oxygen atoms in total. The number of benzene rings is 3. The summed E-state index contributed by atoms with van der Waals surface area (Å²) in [7, 11) is 0. The van der Waals surface area contributed by atoms with Gasteiger partial charge < -0.3 is 20.3 Å². The lowest BCUT2D eigenvalue weighted by Crippen LogP contribution is -2.23. The molecule has 0 saturated carbocycles. The molecule has 0 aliphatic rings. The number of aliphatic imine (C=N–C) groups is 1. The number of para-hydroxylation sites is 1. The minimum absolute atomic E-state index is 0. The average Bonchev–Trinajstić information content (AvgIpc) is 3.30. The molecular formula is C24H24IN5O2. The second-order valence-electron chi connectivity index (χ2n) is 7.02. The quantitative estimate of drug-likeness (QED) is 0.178. The summed E-state index contributed by atoms with van der Waals surface area (Å²) in [5.74, 6) is 2.78. The molecule has 4 aromatic rings. The smallest absolute Gasteiger partial charge is 0.231 e. The maximum Gasteiger partial charge on any atom is 0.231 e. The van der Waals surface area contributed by atoms with Gasteiger partial charge in [0.1, 0.15) is 11.5 Å². The predicted octanol–water partition coefficient (Wildman–Crippen LogP) is 5.68. The number of nitrogens with one attached hydrogen (secondary N) is 1. The van der Waals surface area contributed by atoms with E-state index in [-0.39, 0.29) is 29.9 Å². The van der Waals surface area contributed by atoms with Crippen LogP contribution in [0.4, 0.5) is 5.69 Å². The van der Waals surface area contributed by atoms with E-state index in [1.54, 1.807) is 0 Å². The van der Waals surface area contributed by atoms with Gasteiger partial charge in [-0.1, -0.05) is 66.7 Å². The van der Waals surface area contributed by atoms with Gasteiger partial charge in [0.2, 0.25) is 11.7 Å². The standard InChI is InChI=1S/C24H23N5O2.HI/c1-17(23-28-22(29-31-23)18-9-4-2-5-10-18)16-26-24(25)27-19-11-8-14-21(15-19)30-20-12-6-3-7-13-20;/h2-15,17H,16H2,1H3,(H3,25,26,27);1H. The highest BCUT2D eigenvalue weighted by molar-refractivity contribution is 14.0. The third-order valence-corrected chi connectivity index (χ3v) is 4.52. The second-order valence-corrected chi connectivity index (χ2v) is 7.02. The van der Waals surface area contributed by atoms with E-state index in [2.05, 4.69) is 20.4 Å². The van der Waals surface area contributed by atoms with Crippen LogP contribution in [0.5, 0.6) is 11.5 Å². The van der Waals surface area contributed by atoms with Crippen LogP contribution in [-0.4, -0.2) is 22.6 Å². The van der Waals surface area contributed by atoms with Crippen molar-refractivity contribution >= 4 is 35.6 Å². The van der Waals surface area contributed by atoms with Crippen LogP contribution in [0.1, 0.15) is 18.7 Å². The first-order valence-corrected chi connectivity index (χ1v) is 9.96. The number of rotatable bonds is 7. The molecule has 0 aliphatic carbocycles. The molecule has 3 N–H and O–H groups in total. The van der Waals surface area contributed by atoms with Gasteiger partial charge >= 0.3 is 0 Å². The highest BCUT2D eigenvalue weighted by Gasteiger charge is 2.15. The van der Waals surface area contributed by atoms with Crippen LogP contribution >= 0.6 is 24.0 Å². The molecule has 1 aromatic heterocycles. The van der Waals surface area contributed by atoms with Crippen LogP contribution in [0.25, 0.3) is 11.4 Å². The SMILES string of the molecule is CC(CN=C(N)Nc1cccc(Oc2ccccc2)c1)c1nc(-c2ccccc2)no1.I. The molecule has 0 amide bonds. The Balaban J connectivity index is 0.00000289. The molecule has 1 heterocycles. The normalized spacial score (nSPS) is 12.0. The van der Waals surface area contributed by atoms with Gasteiger partial charge in [0.15, 0.2) is 5.96 Å². The zero-order valence-electron chi connectivity index (χ0n) is 17.5. The first-order valence-electron chi connectivity index (χ1n) is 9.96. The van der Waals surface area contributed by atoms with E-state index in [0.29, 0.717) is 30.0 Å². The first-order chi connectivity index (χ1) is 15.2. The van der Waals surface area contributed by atoms with E-state index in [0.717, 1.165) is 17.0 Å². The number of hydrogen-bond acceptors (Lipinski definition) is 5. The Labute approximate surface area is 203 Å². The van der Waals surface area contributed by atoms with Crippen molar-refractivity contribution in [2.24, 2.45) is 10.7 Å². The lowest BCUT2D eigenvalue weighted by Gasteiger charge is -2.10. The van der Waals surface area contributed by atoms with Gasteiger partial charge in [-0.3, -0.25) is 4.99 Å². The maximum atomic E-state index is 6.06. The lowest BCUT2D eigenvalue weighted by molar-refractivity contribution is 0.361. The van der Waals surface area contributed by atoms with Gasteiger partial charge in [0.05, 0.1) is 12.5 Å². The molecule has 0 aliphatic heterocycles. The minimum Gasteiger partial charge on any atom is -0.457 e. The van der Waals surface area contributed by atoms with Crippen molar-refractivity contribution in [3.8, 4) is 22.9 Å². The molecule has 8 heteroatoms. The maximum absolute atomic E-state index is 6.06. The Morgan fingerprint density at radius 3 is 2.44 bits per heavy atom. The van der Waals surface area contributed by atoms with Crippen LogP contribution in [0.2, 0.25) is 0 Å². The molecule has 164 valence electrons. The lowest BCUT2D eigenvalue weighted by atomic mass is 10.2. The summed E-state index contributed by atoms with van der Waals surface area (Å²) in [4.78, 5) is 8.88. The topological polar surface area (TPSA) is 98.6 Å². The Bertz CT molecular complexity index is 1150. The number of ether oxygens (including phenoxy) is 1. The zero-order chi connectivity index (χ0) is 21.5.